The molecule has 1 atom stereocenters. The van der Waals surface area contributed by atoms with Crippen molar-refractivity contribution in [1.82, 2.24) is 5.32 Å². The molecule has 20 heavy (non-hydrogen) atoms. The molecule has 0 spiro atoms. The minimum atomic E-state index is -0.837. The van der Waals surface area contributed by atoms with Crippen LogP contribution in [0.2, 0.25) is 0 Å². The minimum absolute atomic E-state index is 0.0488. The Labute approximate surface area is 121 Å². The molecule has 1 unspecified atom stereocenters. The van der Waals surface area contributed by atoms with E-state index in [1.807, 2.05) is 30.3 Å². The van der Waals surface area contributed by atoms with Crippen LogP contribution in [0.15, 0.2) is 30.3 Å². The van der Waals surface area contributed by atoms with Gasteiger partial charge < -0.3 is 10.4 Å². The van der Waals surface area contributed by atoms with Crippen LogP contribution in [-0.4, -0.2) is 23.2 Å². The second kappa shape index (κ2) is 5.57. The fourth-order valence-corrected chi connectivity index (χ4v) is 2.92. The van der Waals surface area contributed by atoms with Crippen molar-refractivity contribution in [2.45, 2.75) is 51.0 Å². The molecule has 0 aromatic heterocycles. The predicted octanol–water partition coefficient (Wildman–Crippen LogP) is 2.63. The molecule has 2 N–H and O–H groups in total. The first-order valence-electron chi connectivity index (χ1n) is 7.42. The molecule has 3 heteroatoms. The summed E-state index contributed by atoms with van der Waals surface area (Å²) < 4.78 is 0. The highest BCUT2D eigenvalue weighted by Crippen LogP contribution is 2.48. The maximum absolute atomic E-state index is 12.4. The lowest BCUT2D eigenvalue weighted by molar-refractivity contribution is -0.124. The summed E-state index contributed by atoms with van der Waals surface area (Å²) in [5.74, 6) is 0.457. The average molecular weight is 275 g/mol. The Bertz CT molecular complexity index is 461. The molecule has 1 fully saturated rings. The number of aliphatic hydroxyl groups is 1. The smallest absolute Gasteiger partial charge is 0.230 e. The summed E-state index contributed by atoms with van der Waals surface area (Å²) in [5.41, 5.74) is -0.104. The summed E-state index contributed by atoms with van der Waals surface area (Å²) in [6.45, 7) is 6.25. The van der Waals surface area contributed by atoms with Gasteiger partial charge in [-0.1, -0.05) is 44.2 Å². The Balaban J connectivity index is 1.96. The molecule has 2 rings (SSSR count). The fraction of sp³-hybridized carbons (Fsp3) is 0.588. The molecule has 1 aliphatic carbocycles. The highest BCUT2D eigenvalue weighted by molar-refractivity contribution is 5.91. The van der Waals surface area contributed by atoms with Crippen LogP contribution in [0.1, 0.15) is 45.6 Å². The third kappa shape index (κ3) is 3.40. The maximum atomic E-state index is 12.4. The van der Waals surface area contributed by atoms with Gasteiger partial charge in [-0.05, 0) is 37.7 Å². The van der Waals surface area contributed by atoms with E-state index in [4.69, 9.17) is 0 Å². The van der Waals surface area contributed by atoms with Crippen molar-refractivity contribution in [1.29, 1.82) is 0 Å². The van der Waals surface area contributed by atoms with E-state index in [0.29, 0.717) is 18.9 Å². The first kappa shape index (κ1) is 15.0. The Morgan fingerprint density at radius 2 is 1.95 bits per heavy atom. The Kier molecular flexibility index (Phi) is 4.19. The SMILES string of the molecule is CC(C)CC(C)(O)CNC(=O)C1(c2ccccc2)CC1. The van der Waals surface area contributed by atoms with E-state index in [2.05, 4.69) is 19.2 Å². The lowest BCUT2D eigenvalue weighted by Crippen LogP contribution is -2.45. The second-order valence-corrected chi connectivity index (χ2v) is 6.73. The highest BCUT2D eigenvalue weighted by atomic mass is 16.3. The van der Waals surface area contributed by atoms with Gasteiger partial charge in [0.15, 0.2) is 0 Å². The van der Waals surface area contributed by atoms with Gasteiger partial charge in [0, 0.05) is 6.54 Å². The summed E-state index contributed by atoms with van der Waals surface area (Å²) >= 11 is 0. The van der Waals surface area contributed by atoms with Gasteiger partial charge in [0.25, 0.3) is 0 Å². The standard InChI is InChI=1S/C17H25NO2/c1-13(2)11-16(3,20)12-18-15(19)17(9-10-17)14-7-5-4-6-8-14/h4-8,13,20H,9-12H2,1-3H3,(H,18,19). The second-order valence-electron chi connectivity index (χ2n) is 6.73. The molecule has 0 heterocycles. The van der Waals surface area contributed by atoms with Gasteiger partial charge in [-0.25, -0.2) is 0 Å². The molecule has 3 nitrogen and oxygen atoms in total. The van der Waals surface area contributed by atoms with Crippen LogP contribution in [0.25, 0.3) is 0 Å². The molecule has 1 aromatic rings. The summed E-state index contributed by atoms with van der Waals surface area (Å²) in [6.07, 6.45) is 2.48. The van der Waals surface area contributed by atoms with E-state index < -0.39 is 5.60 Å². The zero-order valence-electron chi connectivity index (χ0n) is 12.6. The van der Waals surface area contributed by atoms with Crippen molar-refractivity contribution < 1.29 is 9.90 Å². The van der Waals surface area contributed by atoms with Crippen LogP contribution in [0.4, 0.5) is 0 Å². The van der Waals surface area contributed by atoms with E-state index in [1.54, 1.807) is 6.92 Å². The fourth-order valence-electron chi connectivity index (χ4n) is 2.92. The molecule has 1 amide bonds. The number of hydrogen-bond donors (Lipinski definition) is 2. The third-order valence-corrected chi connectivity index (χ3v) is 3.99. The summed E-state index contributed by atoms with van der Waals surface area (Å²) in [4.78, 5) is 12.4. The molecule has 1 aromatic carbocycles. The van der Waals surface area contributed by atoms with Gasteiger partial charge in [-0.15, -0.1) is 0 Å². The number of rotatable bonds is 6. The zero-order chi connectivity index (χ0) is 14.8. The van der Waals surface area contributed by atoms with Gasteiger partial charge in [-0.2, -0.15) is 0 Å². The first-order chi connectivity index (χ1) is 9.36. The van der Waals surface area contributed by atoms with E-state index in [0.717, 1.165) is 18.4 Å². The van der Waals surface area contributed by atoms with Gasteiger partial charge in [-0.3, -0.25) is 4.79 Å². The molecule has 110 valence electrons. The first-order valence-corrected chi connectivity index (χ1v) is 7.42. The summed E-state index contributed by atoms with van der Waals surface area (Å²) in [5, 5.41) is 13.2. The van der Waals surface area contributed by atoms with Crippen LogP contribution in [-0.2, 0) is 10.2 Å². The monoisotopic (exact) mass is 275 g/mol. The largest absolute Gasteiger partial charge is 0.388 e. The van der Waals surface area contributed by atoms with Crippen molar-refractivity contribution in [3.05, 3.63) is 35.9 Å². The molecular weight excluding hydrogens is 250 g/mol. The number of carbonyl (C=O) groups excluding carboxylic acids is 1. The topological polar surface area (TPSA) is 49.3 Å². The molecule has 1 aliphatic rings. The van der Waals surface area contributed by atoms with Crippen molar-refractivity contribution >= 4 is 5.91 Å². The summed E-state index contributed by atoms with van der Waals surface area (Å²) in [7, 11) is 0. The number of carbonyl (C=O) groups is 1. The van der Waals surface area contributed by atoms with Crippen LogP contribution in [0.3, 0.4) is 0 Å². The highest BCUT2D eigenvalue weighted by Gasteiger charge is 2.51. The van der Waals surface area contributed by atoms with Gasteiger partial charge in [0.1, 0.15) is 0 Å². The van der Waals surface area contributed by atoms with Crippen molar-refractivity contribution in [2.24, 2.45) is 5.92 Å². The van der Waals surface area contributed by atoms with Crippen molar-refractivity contribution in [3.8, 4) is 0 Å². The van der Waals surface area contributed by atoms with Crippen LogP contribution in [0, 0.1) is 5.92 Å². The lowest BCUT2D eigenvalue weighted by Gasteiger charge is -2.27. The Hall–Kier alpha value is -1.35. The molecule has 0 radical (unpaired) electrons. The van der Waals surface area contributed by atoms with Crippen molar-refractivity contribution in [2.75, 3.05) is 6.54 Å². The van der Waals surface area contributed by atoms with Gasteiger partial charge >= 0.3 is 0 Å². The normalized spacial score (nSPS) is 19.4. The molecular formula is C17H25NO2. The third-order valence-electron chi connectivity index (χ3n) is 3.99. The lowest BCUT2D eigenvalue weighted by atomic mass is 9.92. The molecule has 1 saturated carbocycles. The maximum Gasteiger partial charge on any atom is 0.230 e. The number of hydrogen-bond acceptors (Lipinski definition) is 2. The average Bonchev–Trinajstić information content (AvgIpc) is 3.17. The van der Waals surface area contributed by atoms with E-state index >= 15 is 0 Å². The Morgan fingerprint density at radius 1 is 1.35 bits per heavy atom. The van der Waals surface area contributed by atoms with Gasteiger partial charge in [0.2, 0.25) is 5.91 Å². The van der Waals surface area contributed by atoms with E-state index in [1.165, 1.54) is 0 Å². The molecule has 0 saturated heterocycles. The Morgan fingerprint density at radius 3 is 2.45 bits per heavy atom. The predicted molar refractivity (Wildman–Crippen MR) is 80.4 cm³/mol. The number of nitrogens with one attached hydrogen (secondary N) is 1. The van der Waals surface area contributed by atoms with Gasteiger partial charge in [0.05, 0.1) is 11.0 Å². The van der Waals surface area contributed by atoms with Crippen molar-refractivity contribution in [3.63, 3.8) is 0 Å². The van der Waals surface area contributed by atoms with E-state index in [9.17, 15) is 9.90 Å². The number of benzene rings is 1. The summed E-state index contributed by atoms with van der Waals surface area (Å²) in [6, 6.07) is 9.93. The van der Waals surface area contributed by atoms with E-state index in [-0.39, 0.29) is 11.3 Å². The minimum Gasteiger partial charge on any atom is -0.388 e. The van der Waals surface area contributed by atoms with Crippen LogP contribution < -0.4 is 5.32 Å². The molecule has 0 aliphatic heterocycles. The van der Waals surface area contributed by atoms with Crippen LogP contribution >= 0.6 is 0 Å². The zero-order valence-corrected chi connectivity index (χ0v) is 12.6. The number of amides is 1. The quantitative estimate of drug-likeness (QED) is 0.838. The van der Waals surface area contributed by atoms with Crippen LogP contribution in [0.5, 0.6) is 0 Å². The molecule has 0 bridgehead atoms.